The second-order valence-electron chi connectivity index (χ2n) is 4.10. The molecule has 0 aliphatic carbocycles. The van der Waals surface area contributed by atoms with Crippen LogP contribution in [-0.4, -0.2) is 32.5 Å². The summed E-state index contributed by atoms with van der Waals surface area (Å²) in [6.07, 6.45) is -3.16. The fourth-order valence-electron chi connectivity index (χ4n) is 1.90. The number of aliphatic hydroxyl groups is 2. The first-order valence-corrected chi connectivity index (χ1v) is 5.21. The molecule has 17 heavy (non-hydrogen) atoms. The number of aliphatic hydroxyl groups excluding tert-OH is 2. The van der Waals surface area contributed by atoms with Crippen LogP contribution in [0, 0.1) is 13.8 Å². The number of phenols is 1. The summed E-state index contributed by atoms with van der Waals surface area (Å²) in [5.74, 6) is -1.10. The van der Waals surface area contributed by atoms with Crippen molar-refractivity contribution in [1.29, 1.82) is 0 Å². The number of rotatable bonds is 4. The lowest BCUT2D eigenvalue weighted by atomic mass is 9.93. The van der Waals surface area contributed by atoms with E-state index in [2.05, 4.69) is 0 Å². The first-order valence-electron chi connectivity index (χ1n) is 5.21. The Bertz CT molecular complexity index is 404. The van der Waals surface area contributed by atoms with E-state index < -0.39 is 24.6 Å². The zero-order valence-corrected chi connectivity index (χ0v) is 9.71. The molecule has 0 fully saturated rings. The van der Waals surface area contributed by atoms with Crippen molar-refractivity contribution in [1.82, 2.24) is 0 Å². The van der Waals surface area contributed by atoms with E-state index >= 15 is 0 Å². The molecule has 2 atom stereocenters. The minimum absolute atomic E-state index is 0.0728. The van der Waals surface area contributed by atoms with Gasteiger partial charge in [0.25, 0.3) is 0 Å². The molecular weight excluding hydrogens is 224 g/mol. The second-order valence-corrected chi connectivity index (χ2v) is 4.10. The molecule has 0 amide bonds. The predicted molar refractivity (Wildman–Crippen MR) is 60.8 cm³/mol. The van der Waals surface area contributed by atoms with Gasteiger partial charge >= 0.3 is 5.97 Å². The van der Waals surface area contributed by atoms with E-state index in [1.54, 1.807) is 13.8 Å². The largest absolute Gasteiger partial charge is 0.508 e. The Balaban J connectivity index is 3.03. The molecule has 0 saturated carbocycles. The van der Waals surface area contributed by atoms with Crippen LogP contribution in [-0.2, 0) is 4.79 Å². The van der Waals surface area contributed by atoms with Crippen LogP contribution in [0.1, 0.15) is 29.2 Å². The zero-order valence-electron chi connectivity index (χ0n) is 9.71. The second kappa shape index (κ2) is 5.16. The van der Waals surface area contributed by atoms with E-state index in [9.17, 15) is 20.1 Å². The molecule has 0 aromatic heterocycles. The van der Waals surface area contributed by atoms with E-state index in [1.165, 1.54) is 12.1 Å². The Kier molecular flexibility index (Phi) is 4.09. The number of phenolic OH excluding ortho intramolecular Hbond substituents is 1. The van der Waals surface area contributed by atoms with Gasteiger partial charge in [-0.1, -0.05) is 0 Å². The summed E-state index contributed by atoms with van der Waals surface area (Å²) in [4.78, 5) is 10.5. The Morgan fingerprint density at radius 1 is 1.24 bits per heavy atom. The molecule has 0 spiro atoms. The number of aromatic hydroxyl groups is 1. The summed E-state index contributed by atoms with van der Waals surface area (Å²) in [5.41, 5.74) is 1.68. The molecule has 2 unspecified atom stereocenters. The van der Waals surface area contributed by atoms with Crippen molar-refractivity contribution in [2.75, 3.05) is 0 Å². The van der Waals surface area contributed by atoms with Crippen LogP contribution in [0.4, 0.5) is 0 Å². The number of carbonyl (C=O) groups is 1. The van der Waals surface area contributed by atoms with Gasteiger partial charge in [-0.3, -0.25) is 4.79 Å². The molecular formula is C12H16O5. The minimum Gasteiger partial charge on any atom is -0.508 e. The monoisotopic (exact) mass is 240 g/mol. The maximum Gasteiger partial charge on any atom is 0.306 e. The van der Waals surface area contributed by atoms with E-state index in [1.807, 2.05) is 0 Å². The Morgan fingerprint density at radius 2 is 1.71 bits per heavy atom. The smallest absolute Gasteiger partial charge is 0.306 e. The summed E-state index contributed by atoms with van der Waals surface area (Å²) in [6, 6.07) is 2.91. The van der Waals surface area contributed by atoms with Gasteiger partial charge in [0, 0.05) is 0 Å². The van der Waals surface area contributed by atoms with Gasteiger partial charge in [-0.2, -0.15) is 0 Å². The highest BCUT2D eigenvalue weighted by Crippen LogP contribution is 2.29. The van der Waals surface area contributed by atoms with Crippen LogP contribution in [0.2, 0.25) is 0 Å². The summed E-state index contributed by atoms with van der Waals surface area (Å²) < 4.78 is 0. The summed E-state index contributed by atoms with van der Waals surface area (Å²) in [6.45, 7) is 3.36. The standard InChI is InChI=1S/C12H16O5/c1-6-3-8(13)4-7(2)11(6)12(17)9(14)5-10(15)16/h3-4,9,12-14,17H,5H2,1-2H3,(H,15,16). The fraction of sp³-hybridized carbons (Fsp3) is 0.417. The van der Waals surface area contributed by atoms with E-state index in [0.29, 0.717) is 16.7 Å². The van der Waals surface area contributed by atoms with Gasteiger partial charge in [-0.05, 0) is 42.7 Å². The lowest BCUT2D eigenvalue weighted by Crippen LogP contribution is -2.23. The number of hydrogen-bond acceptors (Lipinski definition) is 4. The van der Waals surface area contributed by atoms with Gasteiger partial charge in [-0.15, -0.1) is 0 Å². The molecule has 1 rings (SSSR count). The lowest BCUT2D eigenvalue weighted by molar-refractivity contribution is -0.141. The molecule has 94 valence electrons. The molecule has 1 aromatic carbocycles. The molecule has 1 aromatic rings. The summed E-state index contributed by atoms with van der Waals surface area (Å²) in [5, 5.41) is 37.4. The van der Waals surface area contributed by atoms with Crippen molar-refractivity contribution >= 4 is 5.97 Å². The van der Waals surface area contributed by atoms with Crippen molar-refractivity contribution in [2.24, 2.45) is 0 Å². The van der Waals surface area contributed by atoms with E-state index in [-0.39, 0.29) is 5.75 Å². The maximum atomic E-state index is 10.5. The summed E-state index contributed by atoms with van der Waals surface area (Å²) >= 11 is 0. The molecule has 5 heteroatoms. The van der Waals surface area contributed by atoms with Gasteiger partial charge in [0.15, 0.2) is 0 Å². The molecule has 0 heterocycles. The third kappa shape index (κ3) is 3.18. The summed E-state index contributed by atoms with van der Waals surface area (Å²) in [7, 11) is 0. The molecule has 0 radical (unpaired) electrons. The minimum atomic E-state index is -1.37. The highest BCUT2D eigenvalue weighted by atomic mass is 16.4. The van der Waals surface area contributed by atoms with Gasteiger partial charge in [0.1, 0.15) is 11.9 Å². The van der Waals surface area contributed by atoms with Gasteiger partial charge in [0.2, 0.25) is 0 Å². The van der Waals surface area contributed by atoms with Crippen molar-refractivity contribution < 1.29 is 25.2 Å². The van der Waals surface area contributed by atoms with Gasteiger partial charge in [0.05, 0.1) is 12.5 Å². The number of hydrogen-bond donors (Lipinski definition) is 4. The SMILES string of the molecule is Cc1cc(O)cc(C)c1C(O)C(O)CC(=O)O. The van der Waals surface area contributed by atoms with Crippen LogP contribution in [0.5, 0.6) is 5.75 Å². The quantitative estimate of drug-likeness (QED) is 0.626. The first kappa shape index (κ1) is 13.5. The fourth-order valence-corrected chi connectivity index (χ4v) is 1.90. The van der Waals surface area contributed by atoms with E-state index in [0.717, 1.165) is 0 Å². The molecule has 0 bridgehead atoms. The Labute approximate surface area is 99.0 Å². The topological polar surface area (TPSA) is 98.0 Å². The Morgan fingerprint density at radius 3 is 2.12 bits per heavy atom. The highest BCUT2D eigenvalue weighted by molar-refractivity contribution is 5.67. The molecule has 0 aliphatic rings. The average Bonchev–Trinajstić information content (AvgIpc) is 2.14. The van der Waals surface area contributed by atoms with Crippen molar-refractivity contribution in [3.05, 3.63) is 28.8 Å². The lowest BCUT2D eigenvalue weighted by Gasteiger charge is -2.20. The third-order valence-corrected chi connectivity index (χ3v) is 2.62. The highest BCUT2D eigenvalue weighted by Gasteiger charge is 2.24. The average molecular weight is 240 g/mol. The van der Waals surface area contributed by atoms with Crippen molar-refractivity contribution in [2.45, 2.75) is 32.5 Å². The third-order valence-electron chi connectivity index (χ3n) is 2.62. The Hall–Kier alpha value is -1.59. The normalized spacial score (nSPS) is 14.4. The number of aryl methyl sites for hydroxylation is 2. The van der Waals surface area contributed by atoms with Gasteiger partial charge < -0.3 is 20.4 Å². The van der Waals surface area contributed by atoms with Crippen molar-refractivity contribution in [3.8, 4) is 5.75 Å². The van der Waals surface area contributed by atoms with Crippen LogP contribution < -0.4 is 0 Å². The van der Waals surface area contributed by atoms with Crippen LogP contribution >= 0.6 is 0 Å². The van der Waals surface area contributed by atoms with Crippen LogP contribution in [0.25, 0.3) is 0 Å². The van der Waals surface area contributed by atoms with Gasteiger partial charge in [-0.25, -0.2) is 0 Å². The predicted octanol–water partition coefficient (Wildman–Crippen LogP) is 0.878. The zero-order chi connectivity index (χ0) is 13.2. The van der Waals surface area contributed by atoms with Crippen molar-refractivity contribution in [3.63, 3.8) is 0 Å². The van der Waals surface area contributed by atoms with Crippen LogP contribution in [0.3, 0.4) is 0 Å². The maximum absolute atomic E-state index is 10.5. The molecule has 0 saturated heterocycles. The van der Waals surface area contributed by atoms with E-state index in [4.69, 9.17) is 5.11 Å². The number of carboxylic acid groups (broad SMARTS) is 1. The molecule has 0 aliphatic heterocycles. The number of carboxylic acids is 1. The first-order chi connectivity index (χ1) is 7.82. The molecule has 4 N–H and O–H groups in total. The number of aliphatic carboxylic acids is 1. The molecule has 5 nitrogen and oxygen atoms in total. The number of benzene rings is 1. The van der Waals surface area contributed by atoms with Crippen LogP contribution in [0.15, 0.2) is 12.1 Å².